The van der Waals surface area contributed by atoms with Crippen molar-refractivity contribution >= 4 is 12.4 Å². The maximum Gasteiger partial charge on any atom is 0.345 e. The van der Waals surface area contributed by atoms with Gasteiger partial charge in [-0.2, -0.15) is 9.15 Å². The molecule has 0 amide bonds. The zero-order chi connectivity index (χ0) is 9.30. The van der Waals surface area contributed by atoms with Crippen LogP contribution in [0.25, 0.3) is 0 Å². The van der Waals surface area contributed by atoms with Crippen LogP contribution in [0.3, 0.4) is 0 Å². The van der Waals surface area contributed by atoms with Gasteiger partial charge >= 0.3 is 6.17 Å². The molecule has 0 saturated carbocycles. The summed E-state index contributed by atoms with van der Waals surface area (Å²) in [7, 11) is 2.14. The van der Waals surface area contributed by atoms with Crippen molar-refractivity contribution in [3.05, 3.63) is 0 Å². The first kappa shape index (κ1) is 9.43. The van der Waals surface area contributed by atoms with E-state index in [2.05, 4.69) is 56.3 Å². The van der Waals surface area contributed by atoms with Gasteiger partial charge in [0.1, 0.15) is 7.05 Å². The number of hydrogen-bond donors (Lipinski definition) is 0. The normalized spacial score (nSPS) is 23.4. The Hall–Kier alpha value is -0.660. The van der Waals surface area contributed by atoms with E-state index in [1.165, 1.54) is 0 Å². The van der Waals surface area contributed by atoms with Gasteiger partial charge in [-0.25, -0.2) is 0 Å². The molecule has 1 aliphatic rings. The molecule has 12 heavy (non-hydrogen) atoms. The van der Waals surface area contributed by atoms with Crippen LogP contribution >= 0.6 is 0 Å². The second kappa shape index (κ2) is 3.38. The molecule has 1 unspecified atom stereocenters. The molecule has 0 aromatic rings. The Morgan fingerprint density at radius 3 is 2.00 bits per heavy atom. The van der Waals surface area contributed by atoms with Crippen molar-refractivity contribution in [2.24, 2.45) is 5.92 Å². The molecule has 0 aromatic carbocycles. The van der Waals surface area contributed by atoms with Crippen molar-refractivity contribution in [3.63, 3.8) is 0 Å². The summed E-state index contributed by atoms with van der Waals surface area (Å²) in [4.78, 5) is 0. The molecule has 1 atom stereocenters. The van der Waals surface area contributed by atoms with Crippen LogP contribution < -0.4 is 0 Å². The molecule has 0 radical (unpaired) electrons. The van der Waals surface area contributed by atoms with Crippen molar-refractivity contribution in [2.75, 3.05) is 7.05 Å². The van der Waals surface area contributed by atoms with Gasteiger partial charge in [0.2, 0.25) is 12.4 Å². The van der Waals surface area contributed by atoms with E-state index < -0.39 is 0 Å². The molecule has 0 aliphatic carbocycles. The van der Waals surface area contributed by atoms with Gasteiger partial charge in [0.15, 0.2) is 6.04 Å². The van der Waals surface area contributed by atoms with E-state index in [1.54, 1.807) is 0 Å². The zero-order valence-electron chi connectivity index (χ0n) is 8.78. The van der Waals surface area contributed by atoms with E-state index in [0.717, 1.165) is 0 Å². The Labute approximate surface area is 75.2 Å². The molecule has 0 aromatic heterocycles. The minimum atomic E-state index is 0.546. The van der Waals surface area contributed by atoms with Gasteiger partial charge in [0.05, 0.1) is 5.92 Å². The van der Waals surface area contributed by atoms with Crippen LogP contribution in [-0.4, -0.2) is 40.8 Å². The molecule has 0 saturated heterocycles. The highest BCUT2D eigenvalue weighted by Gasteiger charge is 2.37. The summed E-state index contributed by atoms with van der Waals surface area (Å²) in [6.45, 7) is 9.00. The van der Waals surface area contributed by atoms with Crippen molar-refractivity contribution < 1.29 is 9.15 Å². The average molecular weight is 168 g/mol. The molecule has 68 valence electrons. The monoisotopic (exact) mass is 168 g/mol. The molecule has 0 bridgehead atoms. The molecular formula is C10H20N2+2. The Kier molecular flexibility index (Phi) is 2.65. The summed E-state index contributed by atoms with van der Waals surface area (Å²) < 4.78 is 4.69. The van der Waals surface area contributed by atoms with Crippen molar-refractivity contribution in [1.82, 2.24) is 0 Å². The second-order valence-electron chi connectivity index (χ2n) is 4.16. The lowest BCUT2D eigenvalue weighted by Crippen LogP contribution is -2.39. The van der Waals surface area contributed by atoms with Crippen molar-refractivity contribution in [1.29, 1.82) is 0 Å². The summed E-state index contributed by atoms with van der Waals surface area (Å²) in [6, 6.07) is 0.596. The van der Waals surface area contributed by atoms with Crippen LogP contribution in [0, 0.1) is 5.92 Å². The fourth-order valence-electron chi connectivity index (χ4n) is 1.86. The van der Waals surface area contributed by atoms with Crippen molar-refractivity contribution in [3.8, 4) is 0 Å². The SMILES string of the molecule is CC(C)C1[N+](C)=CC=[N+]1C(C)C. The van der Waals surface area contributed by atoms with E-state index in [9.17, 15) is 0 Å². The maximum atomic E-state index is 2.41. The van der Waals surface area contributed by atoms with E-state index in [4.69, 9.17) is 0 Å². The summed E-state index contributed by atoms with van der Waals surface area (Å²) in [5, 5.41) is 0. The van der Waals surface area contributed by atoms with Gasteiger partial charge in [-0.1, -0.05) is 0 Å². The quantitative estimate of drug-likeness (QED) is 0.546. The first-order valence-electron chi connectivity index (χ1n) is 4.71. The van der Waals surface area contributed by atoms with E-state index in [-0.39, 0.29) is 0 Å². The van der Waals surface area contributed by atoms with Crippen LogP contribution in [0.5, 0.6) is 0 Å². The number of rotatable bonds is 2. The van der Waals surface area contributed by atoms with Gasteiger partial charge in [0.25, 0.3) is 0 Å². The largest absolute Gasteiger partial charge is 0.345 e. The standard InChI is InChI=1S/C10H20N2/c1-8(2)10-11(5)6-7-12(10)9(3)4/h6-10H,1-5H3/q+2. The van der Waals surface area contributed by atoms with Crippen LogP contribution in [0.1, 0.15) is 27.7 Å². The van der Waals surface area contributed by atoms with Crippen molar-refractivity contribution in [2.45, 2.75) is 39.9 Å². The molecule has 1 heterocycles. The lowest BCUT2D eigenvalue weighted by molar-refractivity contribution is -0.770. The highest BCUT2D eigenvalue weighted by Crippen LogP contribution is 2.11. The molecule has 1 aliphatic heterocycles. The van der Waals surface area contributed by atoms with Gasteiger partial charge in [-0.15, -0.1) is 0 Å². The van der Waals surface area contributed by atoms with Crippen LogP contribution in [0.15, 0.2) is 0 Å². The Morgan fingerprint density at radius 1 is 1.08 bits per heavy atom. The number of nitrogens with zero attached hydrogens (tertiary/aromatic N) is 2. The first-order chi connectivity index (χ1) is 5.54. The molecule has 0 spiro atoms. The fraction of sp³-hybridized carbons (Fsp3) is 0.800. The Balaban J connectivity index is 2.81. The third kappa shape index (κ3) is 1.57. The minimum Gasteiger partial charge on any atom is -0.173 e. The summed E-state index contributed by atoms with van der Waals surface area (Å²) in [5.74, 6) is 0.674. The second-order valence-corrected chi connectivity index (χ2v) is 4.16. The number of hydrogen-bond acceptors (Lipinski definition) is 0. The minimum absolute atomic E-state index is 0.546. The van der Waals surface area contributed by atoms with Gasteiger partial charge < -0.3 is 0 Å². The third-order valence-corrected chi connectivity index (χ3v) is 2.39. The highest BCUT2D eigenvalue weighted by atomic mass is 15.3. The van der Waals surface area contributed by atoms with Gasteiger partial charge in [-0.05, 0) is 27.7 Å². The molecule has 2 nitrogen and oxygen atoms in total. The lowest BCUT2D eigenvalue weighted by Gasteiger charge is -2.13. The summed E-state index contributed by atoms with van der Waals surface area (Å²) in [5.41, 5.74) is 0. The van der Waals surface area contributed by atoms with Crippen LogP contribution in [0.2, 0.25) is 0 Å². The maximum absolute atomic E-state index is 2.41. The fourth-order valence-corrected chi connectivity index (χ4v) is 1.86. The predicted molar refractivity (Wildman–Crippen MR) is 52.3 cm³/mol. The predicted octanol–water partition coefficient (Wildman–Crippen LogP) is 1.19. The topological polar surface area (TPSA) is 6.02 Å². The third-order valence-electron chi connectivity index (χ3n) is 2.39. The molecule has 0 N–H and O–H groups in total. The molecular weight excluding hydrogens is 148 g/mol. The lowest BCUT2D eigenvalue weighted by atomic mass is 10.1. The average Bonchev–Trinajstić information content (AvgIpc) is 2.30. The smallest absolute Gasteiger partial charge is 0.173 e. The molecule has 1 rings (SSSR count). The van der Waals surface area contributed by atoms with E-state index in [1.807, 2.05) is 0 Å². The van der Waals surface area contributed by atoms with Crippen LogP contribution in [0.4, 0.5) is 0 Å². The van der Waals surface area contributed by atoms with Crippen LogP contribution in [-0.2, 0) is 0 Å². The Morgan fingerprint density at radius 2 is 1.67 bits per heavy atom. The summed E-state index contributed by atoms with van der Waals surface area (Å²) >= 11 is 0. The van der Waals surface area contributed by atoms with Gasteiger partial charge in [0, 0.05) is 0 Å². The Bertz CT molecular complexity index is 224. The van der Waals surface area contributed by atoms with Gasteiger partial charge in [-0.3, -0.25) is 0 Å². The van der Waals surface area contributed by atoms with E-state index >= 15 is 0 Å². The highest BCUT2D eigenvalue weighted by molar-refractivity contribution is 6.11. The van der Waals surface area contributed by atoms with E-state index in [0.29, 0.717) is 18.1 Å². The molecule has 0 fully saturated rings. The first-order valence-corrected chi connectivity index (χ1v) is 4.71. The molecule has 2 heteroatoms. The summed E-state index contributed by atoms with van der Waals surface area (Å²) in [6.07, 6.45) is 4.89. The zero-order valence-corrected chi connectivity index (χ0v) is 8.78.